The van der Waals surface area contributed by atoms with E-state index in [-0.39, 0.29) is 28.3 Å². The Morgan fingerprint density at radius 2 is 1.66 bits per heavy atom. The number of para-hydroxylation sites is 3. The molecule has 0 saturated carbocycles. The monoisotopic (exact) mass is 470 g/mol. The van der Waals surface area contributed by atoms with E-state index in [9.17, 15) is 19.8 Å². The highest BCUT2D eigenvalue weighted by atomic mass is 16.5. The Morgan fingerprint density at radius 3 is 2.40 bits per heavy atom. The van der Waals surface area contributed by atoms with Gasteiger partial charge in [0.2, 0.25) is 0 Å². The van der Waals surface area contributed by atoms with Crippen molar-refractivity contribution in [1.29, 1.82) is 0 Å². The van der Waals surface area contributed by atoms with Crippen LogP contribution in [0, 0.1) is 0 Å². The molecule has 3 aromatic carbocycles. The van der Waals surface area contributed by atoms with Gasteiger partial charge >= 0.3 is 0 Å². The first kappa shape index (κ1) is 22.1. The van der Waals surface area contributed by atoms with Crippen molar-refractivity contribution >= 4 is 34.0 Å². The number of methoxy groups -OCH3 is 2. The highest BCUT2D eigenvalue weighted by Crippen LogP contribution is 2.46. The number of fused-ring (bicyclic) bond motifs is 1. The smallest absolute Gasteiger partial charge is 0.300 e. The Balaban J connectivity index is 1.78. The molecule has 8 nitrogen and oxygen atoms in total. The van der Waals surface area contributed by atoms with Crippen LogP contribution in [0.15, 0.2) is 78.5 Å². The molecule has 35 heavy (non-hydrogen) atoms. The molecule has 4 aromatic rings. The first-order chi connectivity index (χ1) is 17.0. The molecule has 1 unspecified atom stereocenters. The highest BCUT2D eigenvalue weighted by Gasteiger charge is 2.48. The minimum Gasteiger partial charge on any atom is -0.507 e. The summed E-state index contributed by atoms with van der Waals surface area (Å²) in [6.07, 6.45) is 1.70. The van der Waals surface area contributed by atoms with Crippen LogP contribution in [0.3, 0.4) is 0 Å². The second-order valence-electron chi connectivity index (χ2n) is 8.02. The van der Waals surface area contributed by atoms with Crippen molar-refractivity contribution in [3.63, 3.8) is 0 Å². The summed E-state index contributed by atoms with van der Waals surface area (Å²) >= 11 is 0. The zero-order valence-electron chi connectivity index (χ0n) is 19.0. The lowest BCUT2D eigenvalue weighted by molar-refractivity contribution is -0.132. The summed E-state index contributed by atoms with van der Waals surface area (Å²) in [6, 6.07) is 17.5. The summed E-state index contributed by atoms with van der Waals surface area (Å²) in [7, 11) is 2.96. The van der Waals surface area contributed by atoms with Crippen molar-refractivity contribution in [3.05, 3.63) is 89.6 Å². The lowest BCUT2D eigenvalue weighted by Crippen LogP contribution is -2.29. The fraction of sp³-hybridized carbons (Fsp3) is 0.111. The molecule has 1 fully saturated rings. The standard InChI is InChI=1S/C27H22N2O6/c1-34-21-12-11-15(13-22(21)35-2)25(31)23-24(17-14-28-18-8-4-3-7-16(17)18)29(27(33)26(23)32)19-9-5-6-10-20(19)30/h3-14,24,28,30-31H,1-2H3/b25-23+. The number of hydrogen-bond acceptors (Lipinski definition) is 6. The molecule has 8 heteroatoms. The normalized spacial score (nSPS) is 17.2. The number of phenols is 1. The van der Waals surface area contributed by atoms with Crippen LogP contribution in [0.4, 0.5) is 5.69 Å². The molecule has 3 N–H and O–H groups in total. The third-order valence-corrected chi connectivity index (χ3v) is 6.16. The van der Waals surface area contributed by atoms with Gasteiger partial charge in [-0.05, 0) is 36.4 Å². The summed E-state index contributed by atoms with van der Waals surface area (Å²) < 4.78 is 10.6. The van der Waals surface area contributed by atoms with Crippen LogP contribution in [0.1, 0.15) is 17.2 Å². The van der Waals surface area contributed by atoms with Crippen LogP contribution in [0.2, 0.25) is 0 Å². The van der Waals surface area contributed by atoms with Gasteiger partial charge in [0.05, 0.1) is 31.5 Å². The van der Waals surface area contributed by atoms with Gasteiger partial charge in [-0.25, -0.2) is 0 Å². The van der Waals surface area contributed by atoms with Crippen LogP contribution in [-0.2, 0) is 9.59 Å². The summed E-state index contributed by atoms with van der Waals surface area (Å²) in [4.78, 5) is 31.1. The molecule has 1 aliphatic heterocycles. The average Bonchev–Trinajstić information content (AvgIpc) is 3.42. The van der Waals surface area contributed by atoms with E-state index in [4.69, 9.17) is 9.47 Å². The van der Waals surface area contributed by atoms with E-state index in [1.54, 1.807) is 36.5 Å². The molecule has 1 atom stereocenters. The SMILES string of the molecule is COc1ccc(/C(O)=C2\C(=O)C(=O)N(c3ccccc3O)C2c2c[nH]c3ccccc23)cc1OC. The molecule has 0 aliphatic carbocycles. The van der Waals surface area contributed by atoms with Crippen molar-refractivity contribution in [2.24, 2.45) is 0 Å². The Hall–Kier alpha value is -4.72. The number of carbonyl (C=O) groups is 2. The van der Waals surface area contributed by atoms with E-state index in [0.29, 0.717) is 17.1 Å². The van der Waals surface area contributed by atoms with Gasteiger partial charge < -0.3 is 24.7 Å². The number of amides is 1. The predicted octanol–water partition coefficient (Wildman–Crippen LogP) is 4.52. The number of Topliss-reactive ketones (excluding diaryl/α,β-unsaturated/α-hetero) is 1. The second kappa shape index (κ2) is 8.57. The topological polar surface area (TPSA) is 112 Å². The summed E-state index contributed by atoms with van der Waals surface area (Å²) in [5.41, 5.74) is 1.75. The minimum absolute atomic E-state index is 0.102. The van der Waals surface area contributed by atoms with E-state index in [1.807, 2.05) is 24.3 Å². The number of aromatic hydroxyl groups is 1. The number of aromatic amines is 1. The van der Waals surface area contributed by atoms with E-state index in [1.165, 1.54) is 31.3 Å². The first-order valence-electron chi connectivity index (χ1n) is 10.8. The molecule has 2 heterocycles. The number of nitrogens with one attached hydrogen (secondary N) is 1. The number of nitrogens with zero attached hydrogens (tertiary/aromatic N) is 1. The van der Waals surface area contributed by atoms with Crippen LogP contribution in [-0.4, -0.2) is 41.1 Å². The molecule has 0 spiro atoms. The maximum atomic E-state index is 13.4. The molecule has 1 amide bonds. The third kappa shape index (κ3) is 3.47. The van der Waals surface area contributed by atoms with Crippen molar-refractivity contribution in [2.45, 2.75) is 6.04 Å². The number of phenolic OH excluding ortho intramolecular Hbond substituents is 1. The molecule has 0 radical (unpaired) electrons. The van der Waals surface area contributed by atoms with Gasteiger partial charge in [-0.1, -0.05) is 30.3 Å². The maximum Gasteiger partial charge on any atom is 0.300 e. The van der Waals surface area contributed by atoms with Crippen molar-refractivity contribution in [1.82, 2.24) is 4.98 Å². The molecule has 1 aliphatic rings. The van der Waals surface area contributed by atoms with Gasteiger partial charge in [0.25, 0.3) is 11.7 Å². The zero-order valence-corrected chi connectivity index (χ0v) is 19.0. The summed E-state index contributed by atoms with van der Waals surface area (Å²) in [5, 5.41) is 22.7. The van der Waals surface area contributed by atoms with Crippen molar-refractivity contribution < 1.29 is 29.3 Å². The van der Waals surface area contributed by atoms with Crippen molar-refractivity contribution in [2.75, 3.05) is 19.1 Å². The van der Waals surface area contributed by atoms with Gasteiger partial charge in [0.15, 0.2) is 11.5 Å². The molecule has 1 aromatic heterocycles. The van der Waals surface area contributed by atoms with Gasteiger partial charge in [-0.2, -0.15) is 0 Å². The summed E-state index contributed by atoms with van der Waals surface area (Å²) in [5.74, 6) is -1.44. The maximum absolute atomic E-state index is 13.4. The number of ketones is 1. The molecule has 5 rings (SSSR count). The third-order valence-electron chi connectivity index (χ3n) is 6.16. The predicted molar refractivity (Wildman–Crippen MR) is 131 cm³/mol. The molecule has 0 bridgehead atoms. The van der Waals surface area contributed by atoms with Gasteiger partial charge in [-0.15, -0.1) is 0 Å². The van der Waals surface area contributed by atoms with Crippen LogP contribution >= 0.6 is 0 Å². The number of aliphatic hydroxyl groups is 1. The second-order valence-corrected chi connectivity index (χ2v) is 8.02. The van der Waals surface area contributed by atoms with Crippen LogP contribution in [0.5, 0.6) is 17.2 Å². The fourth-order valence-electron chi connectivity index (χ4n) is 4.50. The number of rotatable bonds is 5. The number of carbonyl (C=O) groups excluding carboxylic acids is 2. The molecule has 1 saturated heterocycles. The number of anilines is 1. The average molecular weight is 470 g/mol. The number of aromatic nitrogens is 1. The Kier molecular flexibility index (Phi) is 5.41. The highest BCUT2D eigenvalue weighted by molar-refractivity contribution is 6.52. The first-order valence-corrected chi connectivity index (χ1v) is 10.8. The van der Waals surface area contributed by atoms with E-state index in [2.05, 4.69) is 4.98 Å². The largest absolute Gasteiger partial charge is 0.507 e. The summed E-state index contributed by atoms with van der Waals surface area (Å²) in [6.45, 7) is 0. The van der Waals surface area contributed by atoms with Crippen molar-refractivity contribution in [3.8, 4) is 17.2 Å². The molecular weight excluding hydrogens is 448 g/mol. The number of hydrogen-bond donors (Lipinski definition) is 3. The lowest BCUT2D eigenvalue weighted by atomic mass is 9.94. The zero-order chi connectivity index (χ0) is 24.7. The van der Waals surface area contributed by atoms with E-state index >= 15 is 0 Å². The van der Waals surface area contributed by atoms with Crippen LogP contribution in [0.25, 0.3) is 16.7 Å². The Labute approximate surface area is 200 Å². The van der Waals surface area contributed by atoms with Gasteiger partial charge in [-0.3, -0.25) is 14.5 Å². The number of H-pyrrole nitrogens is 1. The van der Waals surface area contributed by atoms with Gasteiger partial charge in [0.1, 0.15) is 11.5 Å². The number of ether oxygens (including phenoxy) is 2. The number of aliphatic hydroxyl groups excluding tert-OH is 1. The van der Waals surface area contributed by atoms with E-state index in [0.717, 1.165) is 10.9 Å². The number of benzene rings is 3. The van der Waals surface area contributed by atoms with Crippen LogP contribution < -0.4 is 14.4 Å². The molecule has 176 valence electrons. The minimum atomic E-state index is -0.993. The fourth-order valence-corrected chi connectivity index (χ4v) is 4.50. The van der Waals surface area contributed by atoms with Gasteiger partial charge in [0, 0.05) is 28.2 Å². The Bertz CT molecular complexity index is 1500. The lowest BCUT2D eigenvalue weighted by Gasteiger charge is -2.25. The van der Waals surface area contributed by atoms with E-state index < -0.39 is 17.7 Å². The molecular formula is C27H22N2O6. The quantitative estimate of drug-likeness (QED) is 0.225. The Morgan fingerprint density at radius 1 is 0.943 bits per heavy atom.